The monoisotopic (exact) mass is 276 g/mol. The summed E-state index contributed by atoms with van der Waals surface area (Å²) >= 11 is 0. The lowest BCUT2D eigenvalue weighted by Gasteiger charge is -2.19. The van der Waals surface area contributed by atoms with Gasteiger partial charge in [-0.2, -0.15) is 0 Å². The van der Waals surface area contributed by atoms with Crippen LogP contribution in [0.15, 0.2) is 24.3 Å². The summed E-state index contributed by atoms with van der Waals surface area (Å²) in [5, 5.41) is 8.84. The van der Waals surface area contributed by atoms with Gasteiger partial charge in [0.1, 0.15) is 12.4 Å². The molecule has 1 aromatic rings. The number of aliphatic hydroxyl groups is 1. The molecular weight excluding hydrogens is 252 g/mol. The van der Waals surface area contributed by atoms with Gasteiger partial charge in [-0.05, 0) is 31.2 Å². The quantitative estimate of drug-likeness (QED) is 0.698. The highest BCUT2D eigenvalue weighted by Crippen LogP contribution is 2.12. The average molecular weight is 276 g/mol. The molecule has 0 aliphatic carbocycles. The number of aliphatic hydroxyl groups excluding tert-OH is 1. The zero-order valence-electron chi connectivity index (χ0n) is 12.1. The minimum absolute atomic E-state index is 0.235. The van der Waals surface area contributed by atoms with Crippen molar-refractivity contribution in [3.8, 4) is 17.6 Å². The summed E-state index contributed by atoms with van der Waals surface area (Å²) in [7, 11) is 0. The Morgan fingerprint density at radius 2 is 2.20 bits per heavy atom. The molecule has 0 atom stereocenters. The van der Waals surface area contributed by atoms with Gasteiger partial charge in [0.2, 0.25) is 0 Å². The summed E-state index contributed by atoms with van der Waals surface area (Å²) in [6, 6.07) is 7.72. The molecule has 3 N–H and O–H groups in total. The molecule has 0 saturated carbocycles. The minimum atomic E-state index is 0.235. The number of hydrogen-bond donors (Lipinski definition) is 2. The molecule has 0 aromatic heterocycles. The van der Waals surface area contributed by atoms with Crippen LogP contribution in [0.5, 0.6) is 5.75 Å². The molecule has 0 aliphatic heterocycles. The molecule has 0 aliphatic rings. The second-order valence-electron chi connectivity index (χ2n) is 4.39. The van der Waals surface area contributed by atoms with Gasteiger partial charge < -0.3 is 20.5 Å². The number of hydrogen-bond acceptors (Lipinski definition) is 4. The maximum atomic E-state index is 8.84. The zero-order valence-corrected chi connectivity index (χ0v) is 12.1. The fraction of sp³-hybridized carbons (Fsp3) is 0.500. The number of benzene rings is 1. The molecule has 0 fully saturated rings. The Morgan fingerprint density at radius 1 is 1.35 bits per heavy atom. The first kappa shape index (κ1) is 16.5. The van der Waals surface area contributed by atoms with Gasteiger partial charge >= 0.3 is 0 Å². The fourth-order valence-corrected chi connectivity index (χ4v) is 1.83. The van der Waals surface area contributed by atoms with Crippen LogP contribution in [0.2, 0.25) is 0 Å². The molecule has 4 nitrogen and oxygen atoms in total. The van der Waals surface area contributed by atoms with E-state index in [2.05, 4.69) is 23.7 Å². The number of nitrogens with zero attached hydrogens (tertiary/aromatic N) is 1. The first-order chi connectivity index (χ1) is 9.80. The summed E-state index contributed by atoms with van der Waals surface area (Å²) in [5.74, 6) is 6.64. The van der Waals surface area contributed by atoms with Crippen LogP contribution in [0, 0.1) is 11.8 Å². The highest BCUT2D eigenvalue weighted by atomic mass is 16.5. The fourth-order valence-electron chi connectivity index (χ4n) is 1.83. The third-order valence-corrected chi connectivity index (χ3v) is 2.92. The van der Waals surface area contributed by atoms with Gasteiger partial charge in [0.15, 0.2) is 0 Å². The molecule has 1 aromatic carbocycles. The molecule has 20 heavy (non-hydrogen) atoms. The lowest BCUT2D eigenvalue weighted by Crippen LogP contribution is -2.29. The smallest absolute Gasteiger partial charge is 0.120 e. The van der Waals surface area contributed by atoms with Crippen molar-refractivity contribution in [2.45, 2.75) is 13.3 Å². The topological polar surface area (TPSA) is 58.7 Å². The molecule has 0 heterocycles. The van der Waals surface area contributed by atoms with E-state index < -0.39 is 0 Å². The van der Waals surface area contributed by atoms with E-state index >= 15 is 0 Å². The first-order valence-corrected chi connectivity index (χ1v) is 7.05. The molecule has 0 unspecified atom stereocenters. The van der Waals surface area contributed by atoms with Crippen LogP contribution in [0.4, 0.5) is 0 Å². The Kier molecular flexibility index (Phi) is 8.48. The van der Waals surface area contributed by atoms with Crippen LogP contribution in [0.25, 0.3) is 0 Å². The van der Waals surface area contributed by atoms with Crippen molar-refractivity contribution >= 4 is 0 Å². The lowest BCUT2D eigenvalue weighted by molar-refractivity contribution is 0.195. The Balaban J connectivity index is 2.41. The highest BCUT2D eigenvalue weighted by molar-refractivity contribution is 5.39. The van der Waals surface area contributed by atoms with E-state index in [4.69, 9.17) is 15.6 Å². The normalized spacial score (nSPS) is 10.2. The van der Waals surface area contributed by atoms with Crippen molar-refractivity contribution in [1.29, 1.82) is 0 Å². The van der Waals surface area contributed by atoms with Gasteiger partial charge in [-0.15, -0.1) is 0 Å². The molecule has 0 saturated heterocycles. The van der Waals surface area contributed by atoms with Gasteiger partial charge in [0, 0.05) is 25.3 Å². The van der Waals surface area contributed by atoms with Gasteiger partial charge in [0.25, 0.3) is 0 Å². The number of rotatable bonds is 8. The third kappa shape index (κ3) is 6.58. The lowest BCUT2D eigenvalue weighted by atomic mass is 10.2. The highest BCUT2D eigenvalue weighted by Gasteiger charge is 2.02. The Hall–Kier alpha value is -1.54. The predicted octanol–water partition coefficient (Wildman–Crippen LogP) is 1.08. The zero-order chi connectivity index (χ0) is 14.6. The van der Waals surface area contributed by atoms with Crippen molar-refractivity contribution in [3.05, 3.63) is 29.8 Å². The van der Waals surface area contributed by atoms with Gasteiger partial charge in [-0.3, -0.25) is 0 Å². The summed E-state index contributed by atoms with van der Waals surface area (Å²) in [4.78, 5) is 2.26. The number of ether oxygens (including phenoxy) is 1. The van der Waals surface area contributed by atoms with Crippen molar-refractivity contribution in [1.82, 2.24) is 4.90 Å². The summed E-state index contributed by atoms with van der Waals surface area (Å²) < 4.78 is 5.74. The van der Waals surface area contributed by atoms with Crippen LogP contribution in [0.1, 0.15) is 18.9 Å². The Labute approximate surface area is 121 Å². The second-order valence-corrected chi connectivity index (χ2v) is 4.39. The molecule has 0 radical (unpaired) electrons. The summed E-state index contributed by atoms with van der Waals surface area (Å²) in [5.41, 5.74) is 6.27. The molecular formula is C16H24N2O2. The van der Waals surface area contributed by atoms with Crippen LogP contribution in [0.3, 0.4) is 0 Å². The first-order valence-electron chi connectivity index (χ1n) is 7.05. The number of likely N-dealkylation sites (N-methyl/N-ethyl adjacent to an activating group) is 1. The van der Waals surface area contributed by atoms with E-state index in [-0.39, 0.29) is 6.61 Å². The van der Waals surface area contributed by atoms with Crippen LogP contribution in [-0.2, 0) is 0 Å². The third-order valence-electron chi connectivity index (χ3n) is 2.92. The SMILES string of the molecule is CCN(CCCO)CCOc1cccc(C#CCN)c1. The Morgan fingerprint density at radius 3 is 2.90 bits per heavy atom. The van der Waals surface area contributed by atoms with E-state index in [9.17, 15) is 0 Å². The van der Waals surface area contributed by atoms with E-state index in [0.29, 0.717) is 13.2 Å². The van der Waals surface area contributed by atoms with Crippen molar-refractivity contribution in [3.63, 3.8) is 0 Å². The molecule has 1 rings (SSSR count). The van der Waals surface area contributed by atoms with Crippen molar-refractivity contribution in [2.75, 3.05) is 39.4 Å². The predicted molar refractivity (Wildman–Crippen MR) is 81.7 cm³/mol. The van der Waals surface area contributed by atoms with E-state index in [0.717, 1.165) is 37.4 Å². The molecule has 0 spiro atoms. The second kappa shape index (κ2) is 10.3. The summed E-state index contributed by atoms with van der Waals surface area (Å²) in [6.45, 7) is 6.06. The van der Waals surface area contributed by atoms with Gasteiger partial charge in [-0.25, -0.2) is 0 Å². The van der Waals surface area contributed by atoms with Crippen molar-refractivity contribution in [2.24, 2.45) is 5.73 Å². The largest absolute Gasteiger partial charge is 0.492 e. The van der Waals surface area contributed by atoms with Crippen molar-refractivity contribution < 1.29 is 9.84 Å². The van der Waals surface area contributed by atoms with Crippen LogP contribution >= 0.6 is 0 Å². The maximum absolute atomic E-state index is 8.84. The van der Waals surface area contributed by atoms with E-state index in [1.807, 2.05) is 24.3 Å². The summed E-state index contributed by atoms with van der Waals surface area (Å²) in [6.07, 6.45) is 0.804. The average Bonchev–Trinajstić information content (AvgIpc) is 2.49. The van der Waals surface area contributed by atoms with Gasteiger partial charge in [-0.1, -0.05) is 24.8 Å². The van der Waals surface area contributed by atoms with Crippen LogP contribution < -0.4 is 10.5 Å². The molecule has 110 valence electrons. The standard InChI is InChI=1S/C16H24N2O2/c1-2-18(10-5-12-19)11-13-20-16-8-3-6-15(14-16)7-4-9-17/h3,6,8,14,19H,2,5,9-13,17H2,1H3. The number of nitrogens with two attached hydrogens (primary N) is 1. The Bertz CT molecular complexity index is 438. The van der Waals surface area contributed by atoms with Gasteiger partial charge in [0.05, 0.1) is 6.54 Å². The molecule has 0 bridgehead atoms. The molecule has 4 heteroatoms. The van der Waals surface area contributed by atoms with E-state index in [1.54, 1.807) is 0 Å². The minimum Gasteiger partial charge on any atom is -0.492 e. The maximum Gasteiger partial charge on any atom is 0.120 e. The molecule has 0 amide bonds. The van der Waals surface area contributed by atoms with Crippen LogP contribution in [-0.4, -0.2) is 49.4 Å². The van der Waals surface area contributed by atoms with E-state index in [1.165, 1.54) is 0 Å².